The number of amides is 1. The van der Waals surface area contributed by atoms with Crippen molar-refractivity contribution in [2.24, 2.45) is 0 Å². The largest absolute Gasteiger partial charge is 0.497 e. The Kier molecular flexibility index (Phi) is 6.63. The molecule has 0 bridgehead atoms. The number of nitrogens with one attached hydrogen (secondary N) is 1. The summed E-state index contributed by atoms with van der Waals surface area (Å²) in [6, 6.07) is 17.8. The van der Waals surface area contributed by atoms with Crippen LogP contribution in [0.5, 0.6) is 5.75 Å². The van der Waals surface area contributed by atoms with Crippen LogP contribution in [0.4, 0.5) is 11.5 Å². The number of nitrogens with zero attached hydrogens (tertiary/aromatic N) is 3. The Morgan fingerprint density at radius 3 is 2.58 bits per heavy atom. The van der Waals surface area contributed by atoms with E-state index in [0.29, 0.717) is 6.54 Å². The molecular formula is C27H32N4O2. The number of aryl methyl sites for hydroxylation is 1. The number of rotatable bonds is 6. The predicted molar refractivity (Wildman–Crippen MR) is 131 cm³/mol. The molecule has 0 saturated carbocycles. The van der Waals surface area contributed by atoms with E-state index < -0.39 is 5.41 Å². The molecule has 1 N–H and O–H groups in total. The van der Waals surface area contributed by atoms with Crippen molar-refractivity contribution >= 4 is 17.4 Å². The van der Waals surface area contributed by atoms with Crippen LogP contribution in [-0.4, -0.2) is 41.0 Å². The Labute approximate surface area is 196 Å². The molecule has 6 nitrogen and oxygen atoms in total. The second-order valence-corrected chi connectivity index (χ2v) is 9.20. The molecule has 0 aliphatic carbocycles. The number of aromatic nitrogens is 2. The summed E-state index contributed by atoms with van der Waals surface area (Å²) in [4.78, 5) is 24.7. The van der Waals surface area contributed by atoms with Crippen molar-refractivity contribution in [3.8, 4) is 5.75 Å². The van der Waals surface area contributed by atoms with Gasteiger partial charge in [-0.3, -0.25) is 9.78 Å². The number of benzene rings is 1. The molecular weight excluding hydrogens is 412 g/mol. The Morgan fingerprint density at radius 2 is 1.91 bits per heavy atom. The van der Waals surface area contributed by atoms with E-state index in [1.165, 1.54) is 0 Å². The highest BCUT2D eigenvalue weighted by molar-refractivity contribution is 5.87. The third-order valence-corrected chi connectivity index (χ3v) is 6.42. The van der Waals surface area contributed by atoms with E-state index in [0.717, 1.165) is 53.6 Å². The van der Waals surface area contributed by atoms with Gasteiger partial charge in [0.15, 0.2) is 0 Å². The molecule has 0 unspecified atom stereocenters. The van der Waals surface area contributed by atoms with E-state index in [1.54, 1.807) is 7.11 Å². The van der Waals surface area contributed by atoms with Crippen LogP contribution in [0.25, 0.3) is 0 Å². The maximum Gasteiger partial charge on any atom is 0.232 e. The molecule has 6 heteroatoms. The SMILES string of the molecule is COc1ccc(C(C)(C)C(=O)N2CCC[C@@H](c3ccc(Nc4cccc(C)n4)cn3)C2)cc1. The van der Waals surface area contributed by atoms with Crippen LogP contribution in [0.2, 0.25) is 0 Å². The number of anilines is 2. The summed E-state index contributed by atoms with van der Waals surface area (Å²) in [5.74, 6) is 1.99. The number of ether oxygens (including phenoxy) is 1. The summed E-state index contributed by atoms with van der Waals surface area (Å²) in [6.45, 7) is 7.45. The van der Waals surface area contributed by atoms with Crippen LogP contribution < -0.4 is 10.1 Å². The first-order valence-electron chi connectivity index (χ1n) is 11.5. The number of likely N-dealkylation sites (tertiary alicyclic amines) is 1. The fourth-order valence-corrected chi connectivity index (χ4v) is 4.41. The second-order valence-electron chi connectivity index (χ2n) is 9.20. The second kappa shape index (κ2) is 9.61. The lowest BCUT2D eigenvalue weighted by Crippen LogP contribution is -2.47. The Bertz CT molecular complexity index is 1090. The van der Waals surface area contributed by atoms with Gasteiger partial charge in [0.2, 0.25) is 5.91 Å². The molecule has 1 saturated heterocycles. The van der Waals surface area contributed by atoms with Gasteiger partial charge in [-0.2, -0.15) is 0 Å². The lowest BCUT2D eigenvalue weighted by molar-refractivity contribution is -0.137. The van der Waals surface area contributed by atoms with Gasteiger partial charge in [0, 0.05) is 30.4 Å². The summed E-state index contributed by atoms with van der Waals surface area (Å²) in [5, 5.41) is 3.30. The summed E-state index contributed by atoms with van der Waals surface area (Å²) >= 11 is 0. The molecule has 4 rings (SSSR count). The maximum absolute atomic E-state index is 13.5. The molecule has 1 aromatic carbocycles. The number of pyridine rings is 2. The highest BCUT2D eigenvalue weighted by atomic mass is 16.5. The predicted octanol–water partition coefficient (Wildman–Crippen LogP) is 5.22. The van der Waals surface area contributed by atoms with Crippen LogP contribution in [-0.2, 0) is 10.2 Å². The molecule has 1 aliphatic rings. The zero-order chi connectivity index (χ0) is 23.4. The maximum atomic E-state index is 13.5. The summed E-state index contributed by atoms with van der Waals surface area (Å²) in [6.07, 6.45) is 3.86. The fraction of sp³-hybridized carbons (Fsp3) is 0.370. The molecule has 1 atom stereocenters. The van der Waals surface area contributed by atoms with E-state index in [2.05, 4.69) is 16.4 Å². The first-order valence-corrected chi connectivity index (χ1v) is 11.5. The smallest absolute Gasteiger partial charge is 0.232 e. The van der Waals surface area contributed by atoms with Gasteiger partial charge in [0.05, 0.1) is 24.4 Å². The molecule has 0 radical (unpaired) electrons. The Hall–Kier alpha value is -3.41. The van der Waals surface area contributed by atoms with Gasteiger partial charge in [-0.15, -0.1) is 0 Å². The van der Waals surface area contributed by atoms with Gasteiger partial charge in [-0.1, -0.05) is 18.2 Å². The zero-order valence-corrected chi connectivity index (χ0v) is 19.8. The van der Waals surface area contributed by atoms with E-state index in [-0.39, 0.29) is 11.8 Å². The minimum absolute atomic E-state index is 0.154. The van der Waals surface area contributed by atoms with Crippen molar-refractivity contribution < 1.29 is 9.53 Å². The molecule has 3 heterocycles. The van der Waals surface area contributed by atoms with Crippen molar-refractivity contribution in [2.75, 3.05) is 25.5 Å². The first kappa shape index (κ1) is 22.8. The van der Waals surface area contributed by atoms with Gasteiger partial charge in [-0.25, -0.2) is 4.98 Å². The van der Waals surface area contributed by atoms with Gasteiger partial charge in [-0.05, 0) is 75.6 Å². The first-order chi connectivity index (χ1) is 15.9. The molecule has 1 amide bonds. The molecule has 172 valence electrons. The number of piperidine rings is 1. The number of methoxy groups -OCH3 is 1. The topological polar surface area (TPSA) is 67.3 Å². The van der Waals surface area contributed by atoms with Gasteiger partial charge >= 0.3 is 0 Å². The monoisotopic (exact) mass is 444 g/mol. The molecule has 0 spiro atoms. The number of carbonyl (C=O) groups excluding carboxylic acids is 1. The van der Waals surface area contributed by atoms with Gasteiger partial charge < -0.3 is 15.0 Å². The number of hydrogen-bond donors (Lipinski definition) is 1. The average Bonchev–Trinajstić information content (AvgIpc) is 2.84. The summed E-state index contributed by atoms with van der Waals surface area (Å²) in [7, 11) is 1.65. The highest BCUT2D eigenvalue weighted by Crippen LogP contribution is 2.32. The minimum atomic E-state index is -0.601. The van der Waals surface area contributed by atoms with E-state index in [1.807, 2.05) is 80.4 Å². The van der Waals surface area contributed by atoms with Crippen molar-refractivity contribution in [1.82, 2.24) is 14.9 Å². The van der Waals surface area contributed by atoms with Crippen LogP contribution in [0, 0.1) is 6.92 Å². The Morgan fingerprint density at radius 1 is 1.12 bits per heavy atom. The van der Waals surface area contributed by atoms with Crippen molar-refractivity contribution in [1.29, 1.82) is 0 Å². The number of carbonyl (C=O) groups is 1. The van der Waals surface area contributed by atoms with Gasteiger partial charge in [0.1, 0.15) is 11.6 Å². The van der Waals surface area contributed by atoms with E-state index in [9.17, 15) is 4.79 Å². The quantitative estimate of drug-likeness (QED) is 0.564. The van der Waals surface area contributed by atoms with Crippen molar-refractivity contribution in [2.45, 2.75) is 44.9 Å². The number of hydrogen-bond acceptors (Lipinski definition) is 5. The normalized spacial score (nSPS) is 16.4. The van der Waals surface area contributed by atoms with Crippen molar-refractivity contribution in [3.63, 3.8) is 0 Å². The highest BCUT2D eigenvalue weighted by Gasteiger charge is 2.36. The van der Waals surface area contributed by atoms with Crippen LogP contribution >= 0.6 is 0 Å². The van der Waals surface area contributed by atoms with Crippen LogP contribution in [0.1, 0.15) is 49.6 Å². The lowest BCUT2D eigenvalue weighted by atomic mass is 9.82. The van der Waals surface area contributed by atoms with Crippen LogP contribution in [0.15, 0.2) is 60.8 Å². The zero-order valence-electron chi connectivity index (χ0n) is 19.8. The summed E-state index contributed by atoms with van der Waals surface area (Å²) < 4.78 is 5.26. The molecule has 1 fully saturated rings. The lowest BCUT2D eigenvalue weighted by Gasteiger charge is -2.37. The fourth-order valence-electron chi connectivity index (χ4n) is 4.41. The van der Waals surface area contributed by atoms with Gasteiger partial charge in [0.25, 0.3) is 0 Å². The molecule has 1 aliphatic heterocycles. The van der Waals surface area contributed by atoms with Crippen molar-refractivity contribution in [3.05, 3.63) is 77.7 Å². The molecule has 2 aromatic heterocycles. The Balaban J connectivity index is 1.43. The van der Waals surface area contributed by atoms with Crippen LogP contribution in [0.3, 0.4) is 0 Å². The third kappa shape index (κ3) is 5.16. The average molecular weight is 445 g/mol. The standard InChI is InChI=1S/C27H32N4O2/c1-19-7-5-9-25(29-19)30-22-12-15-24(28-17-22)20-8-6-16-31(18-20)26(32)27(2,3)21-10-13-23(33-4)14-11-21/h5,7,9-15,17,20H,6,8,16,18H2,1-4H3,(H,29,30)/t20-/m1/s1. The third-order valence-electron chi connectivity index (χ3n) is 6.42. The molecule has 33 heavy (non-hydrogen) atoms. The minimum Gasteiger partial charge on any atom is -0.497 e. The summed E-state index contributed by atoms with van der Waals surface area (Å²) in [5.41, 5.74) is 3.29. The molecule has 3 aromatic rings. The van der Waals surface area contributed by atoms with E-state index >= 15 is 0 Å². The van der Waals surface area contributed by atoms with E-state index in [4.69, 9.17) is 9.72 Å².